The molecule has 1 aromatic carbocycles. The summed E-state index contributed by atoms with van der Waals surface area (Å²) in [7, 11) is 0. The van der Waals surface area contributed by atoms with Crippen LogP contribution >= 0.6 is 12.4 Å². The number of carbonyl (C=O) groups is 1. The Hall–Kier alpha value is -1.27. The average Bonchev–Trinajstić information content (AvgIpc) is 2.67. The molecule has 0 saturated carbocycles. The maximum absolute atomic E-state index is 12.9. The molecule has 1 amide bonds. The number of alkyl halides is 2. The summed E-state index contributed by atoms with van der Waals surface area (Å²) in [6, 6.07) is 4.88. The number of carbonyl (C=O) groups excluding carboxylic acids is 1. The summed E-state index contributed by atoms with van der Waals surface area (Å²) in [6.45, 7) is -0.356. The fourth-order valence-electron chi connectivity index (χ4n) is 1.86. The molecule has 2 rings (SSSR count). The summed E-state index contributed by atoms with van der Waals surface area (Å²) in [4.78, 5) is 11.6. The van der Waals surface area contributed by atoms with E-state index in [9.17, 15) is 18.0 Å². The largest absolute Gasteiger partial charge is 0.351 e. The van der Waals surface area contributed by atoms with Crippen molar-refractivity contribution < 1.29 is 18.0 Å². The Balaban J connectivity index is 0.00000180. The number of amides is 1. The minimum atomic E-state index is -2.83. The lowest BCUT2D eigenvalue weighted by Gasteiger charge is -2.11. The molecule has 19 heavy (non-hydrogen) atoms. The molecule has 7 heteroatoms. The molecule has 0 aliphatic carbocycles. The van der Waals surface area contributed by atoms with Crippen molar-refractivity contribution in [2.24, 2.45) is 0 Å². The summed E-state index contributed by atoms with van der Waals surface area (Å²) in [5.74, 6) is -3.72. The van der Waals surface area contributed by atoms with E-state index in [1.807, 2.05) is 0 Å². The molecule has 1 heterocycles. The number of halogens is 4. The molecule has 2 N–H and O–H groups in total. The zero-order valence-electron chi connectivity index (χ0n) is 9.96. The van der Waals surface area contributed by atoms with E-state index in [0.29, 0.717) is 5.56 Å². The first-order valence-electron chi connectivity index (χ1n) is 5.60. The van der Waals surface area contributed by atoms with Crippen molar-refractivity contribution in [3.8, 4) is 0 Å². The van der Waals surface area contributed by atoms with Gasteiger partial charge in [-0.25, -0.2) is 13.2 Å². The van der Waals surface area contributed by atoms with Gasteiger partial charge in [0, 0.05) is 13.0 Å². The summed E-state index contributed by atoms with van der Waals surface area (Å²) in [5.41, 5.74) is 0.591. The van der Waals surface area contributed by atoms with Gasteiger partial charge >= 0.3 is 0 Å². The summed E-state index contributed by atoms with van der Waals surface area (Å²) in [5, 5.41) is 4.96. The van der Waals surface area contributed by atoms with Gasteiger partial charge in [0.15, 0.2) is 0 Å². The Morgan fingerprint density at radius 2 is 2.21 bits per heavy atom. The third-order valence-corrected chi connectivity index (χ3v) is 2.78. The normalized spacial score (nSPS) is 20.7. The van der Waals surface area contributed by atoms with E-state index in [1.165, 1.54) is 18.2 Å². The zero-order chi connectivity index (χ0) is 13.2. The Labute approximate surface area is 115 Å². The third kappa shape index (κ3) is 4.40. The lowest BCUT2D eigenvalue weighted by Crippen LogP contribution is -2.40. The SMILES string of the molecule is Cl.O=C(NCc1cccc(F)c1)C1CC(F)(F)CN1. The van der Waals surface area contributed by atoms with Crippen LogP contribution in [0.1, 0.15) is 12.0 Å². The second-order valence-corrected chi connectivity index (χ2v) is 4.34. The second-order valence-electron chi connectivity index (χ2n) is 4.34. The van der Waals surface area contributed by atoms with E-state index < -0.39 is 36.7 Å². The van der Waals surface area contributed by atoms with Gasteiger partial charge in [0.25, 0.3) is 5.92 Å². The molecule has 106 valence electrons. The Morgan fingerprint density at radius 3 is 2.79 bits per heavy atom. The van der Waals surface area contributed by atoms with Crippen molar-refractivity contribution in [1.29, 1.82) is 0 Å². The van der Waals surface area contributed by atoms with E-state index in [-0.39, 0.29) is 19.0 Å². The van der Waals surface area contributed by atoms with Crippen LogP contribution in [0.3, 0.4) is 0 Å². The molecule has 1 saturated heterocycles. The second kappa shape index (κ2) is 6.25. The first-order chi connectivity index (χ1) is 8.46. The van der Waals surface area contributed by atoms with Gasteiger partial charge in [0.05, 0.1) is 12.6 Å². The number of rotatable bonds is 3. The minimum Gasteiger partial charge on any atom is -0.351 e. The highest BCUT2D eigenvalue weighted by Crippen LogP contribution is 2.25. The molecule has 0 radical (unpaired) electrons. The monoisotopic (exact) mass is 294 g/mol. The molecule has 0 bridgehead atoms. The maximum Gasteiger partial charge on any atom is 0.262 e. The smallest absolute Gasteiger partial charge is 0.262 e. The van der Waals surface area contributed by atoms with Crippen LogP contribution in [-0.4, -0.2) is 24.4 Å². The fraction of sp³-hybridized carbons (Fsp3) is 0.417. The Bertz CT molecular complexity index is 456. The van der Waals surface area contributed by atoms with Crippen LogP contribution in [0.5, 0.6) is 0 Å². The van der Waals surface area contributed by atoms with E-state index >= 15 is 0 Å². The predicted octanol–water partition coefficient (Wildman–Crippen LogP) is 1.86. The van der Waals surface area contributed by atoms with E-state index in [4.69, 9.17) is 0 Å². The third-order valence-electron chi connectivity index (χ3n) is 2.78. The molecule has 1 fully saturated rings. The van der Waals surface area contributed by atoms with Crippen LogP contribution in [0.4, 0.5) is 13.2 Å². The van der Waals surface area contributed by atoms with Gasteiger partial charge in [-0.15, -0.1) is 12.4 Å². The quantitative estimate of drug-likeness (QED) is 0.893. The van der Waals surface area contributed by atoms with Crippen LogP contribution < -0.4 is 10.6 Å². The molecule has 1 atom stereocenters. The average molecular weight is 295 g/mol. The molecule has 0 spiro atoms. The first kappa shape index (κ1) is 15.8. The van der Waals surface area contributed by atoms with Crippen LogP contribution in [0.15, 0.2) is 24.3 Å². The molecular weight excluding hydrogens is 281 g/mol. The molecular formula is C12H14ClF3N2O. The highest BCUT2D eigenvalue weighted by atomic mass is 35.5. The highest BCUT2D eigenvalue weighted by Gasteiger charge is 2.42. The lowest BCUT2D eigenvalue weighted by atomic mass is 10.1. The summed E-state index contributed by atoms with van der Waals surface area (Å²) in [6.07, 6.45) is -0.498. The lowest BCUT2D eigenvalue weighted by molar-refractivity contribution is -0.123. The molecule has 1 aromatic rings. The molecule has 3 nitrogen and oxygen atoms in total. The van der Waals surface area contributed by atoms with Gasteiger partial charge in [-0.05, 0) is 17.7 Å². The fourth-order valence-corrected chi connectivity index (χ4v) is 1.86. The number of benzene rings is 1. The van der Waals surface area contributed by atoms with E-state index in [1.54, 1.807) is 6.07 Å². The standard InChI is InChI=1S/C12H13F3N2O.ClH/c13-9-3-1-2-8(4-9)6-16-11(18)10-5-12(14,15)7-17-10;/h1-4,10,17H,5-7H2,(H,16,18);1H. The summed E-state index contributed by atoms with van der Waals surface area (Å²) >= 11 is 0. The van der Waals surface area contributed by atoms with Gasteiger partial charge in [-0.2, -0.15) is 0 Å². The Morgan fingerprint density at radius 1 is 1.47 bits per heavy atom. The van der Waals surface area contributed by atoms with Crippen molar-refractivity contribution in [3.05, 3.63) is 35.6 Å². The summed E-state index contributed by atoms with van der Waals surface area (Å²) < 4.78 is 38.6. The molecule has 1 aliphatic heterocycles. The van der Waals surface area contributed by atoms with Gasteiger partial charge < -0.3 is 5.32 Å². The van der Waals surface area contributed by atoms with Crippen molar-refractivity contribution in [2.45, 2.75) is 24.9 Å². The van der Waals surface area contributed by atoms with Gasteiger partial charge in [-0.1, -0.05) is 12.1 Å². The van der Waals surface area contributed by atoms with Gasteiger partial charge in [-0.3, -0.25) is 10.1 Å². The number of hydrogen-bond donors (Lipinski definition) is 2. The molecule has 0 aromatic heterocycles. The zero-order valence-corrected chi connectivity index (χ0v) is 10.8. The Kier molecular flexibility index (Phi) is 5.20. The van der Waals surface area contributed by atoms with E-state index in [0.717, 1.165) is 0 Å². The number of nitrogens with one attached hydrogen (secondary N) is 2. The van der Waals surface area contributed by atoms with Crippen molar-refractivity contribution >= 4 is 18.3 Å². The van der Waals surface area contributed by atoms with Crippen LogP contribution in [0, 0.1) is 5.82 Å². The van der Waals surface area contributed by atoms with Gasteiger partial charge in [0.1, 0.15) is 5.82 Å². The van der Waals surface area contributed by atoms with Gasteiger partial charge in [0.2, 0.25) is 5.91 Å². The predicted molar refractivity (Wildman–Crippen MR) is 66.8 cm³/mol. The molecule has 1 unspecified atom stereocenters. The van der Waals surface area contributed by atoms with Crippen molar-refractivity contribution in [2.75, 3.05) is 6.54 Å². The highest BCUT2D eigenvalue weighted by molar-refractivity contribution is 5.85. The molecule has 1 aliphatic rings. The number of hydrogen-bond acceptors (Lipinski definition) is 2. The maximum atomic E-state index is 12.9. The van der Waals surface area contributed by atoms with Crippen molar-refractivity contribution in [3.63, 3.8) is 0 Å². The first-order valence-corrected chi connectivity index (χ1v) is 5.60. The van der Waals surface area contributed by atoms with Crippen LogP contribution in [-0.2, 0) is 11.3 Å². The van der Waals surface area contributed by atoms with Crippen molar-refractivity contribution in [1.82, 2.24) is 10.6 Å². The van der Waals surface area contributed by atoms with Crippen LogP contribution in [0.25, 0.3) is 0 Å². The topological polar surface area (TPSA) is 41.1 Å². The van der Waals surface area contributed by atoms with Crippen LogP contribution in [0.2, 0.25) is 0 Å². The minimum absolute atomic E-state index is 0. The van der Waals surface area contributed by atoms with E-state index in [2.05, 4.69) is 10.6 Å².